The molecule has 0 bridgehead atoms. The van der Waals surface area contributed by atoms with Crippen molar-refractivity contribution in [1.29, 1.82) is 0 Å². The van der Waals surface area contributed by atoms with E-state index in [0.29, 0.717) is 18.1 Å². The molecule has 1 amide bonds. The van der Waals surface area contributed by atoms with E-state index in [2.05, 4.69) is 20.6 Å². The van der Waals surface area contributed by atoms with E-state index >= 15 is 0 Å². The fourth-order valence-electron chi connectivity index (χ4n) is 2.44. The third kappa shape index (κ3) is 4.98. The molecule has 2 aromatic carbocycles. The van der Waals surface area contributed by atoms with Crippen LogP contribution in [0, 0.1) is 6.92 Å². The number of aryl methyl sites for hydroxylation is 1. The third-order valence-corrected chi connectivity index (χ3v) is 4.01. The minimum Gasteiger partial charge on any atom is -0.347 e. The first kappa shape index (κ1) is 18.3. The standard InChI is InChI=1S/C21H20N4O2/c1-14-3-5-16(6-4-14)13-23-20(27)19-11-12-22-21(25-19)24-18-9-7-17(8-10-18)15(2)26/h3-12H,13H2,1-2H3,(H,23,27)(H,22,24,25). The molecular weight excluding hydrogens is 340 g/mol. The Labute approximate surface area is 157 Å². The molecule has 136 valence electrons. The highest BCUT2D eigenvalue weighted by Gasteiger charge is 2.09. The lowest BCUT2D eigenvalue weighted by Gasteiger charge is -2.08. The van der Waals surface area contributed by atoms with Crippen LogP contribution < -0.4 is 10.6 Å². The molecule has 2 N–H and O–H groups in total. The number of carbonyl (C=O) groups is 2. The van der Waals surface area contributed by atoms with Gasteiger partial charge in [0.2, 0.25) is 5.95 Å². The van der Waals surface area contributed by atoms with Crippen LogP contribution in [-0.2, 0) is 6.54 Å². The van der Waals surface area contributed by atoms with E-state index in [-0.39, 0.29) is 17.4 Å². The maximum Gasteiger partial charge on any atom is 0.270 e. The first-order valence-electron chi connectivity index (χ1n) is 8.56. The molecule has 0 saturated heterocycles. The van der Waals surface area contributed by atoms with Crippen LogP contribution in [0.3, 0.4) is 0 Å². The molecule has 6 heteroatoms. The number of aromatic nitrogens is 2. The second kappa shape index (κ2) is 8.23. The van der Waals surface area contributed by atoms with Gasteiger partial charge in [0, 0.05) is 24.0 Å². The van der Waals surface area contributed by atoms with Crippen LogP contribution in [0.15, 0.2) is 60.8 Å². The zero-order chi connectivity index (χ0) is 19.2. The molecule has 3 rings (SSSR count). The fraction of sp³-hybridized carbons (Fsp3) is 0.143. The number of nitrogens with zero attached hydrogens (tertiary/aromatic N) is 2. The van der Waals surface area contributed by atoms with Crippen molar-refractivity contribution >= 4 is 23.3 Å². The summed E-state index contributed by atoms with van der Waals surface area (Å²) in [7, 11) is 0. The summed E-state index contributed by atoms with van der Waals surface area (Å²) < 4.78 is 0. The number of Topliss-reactive ketones (excluding diaryl/α,β-unsaturated/α-hetero) is 1. The van der Waals surface area contributed by atoms with Gasteiger partial charge in [0.15, 0.2) is 5.78 Å². The average molecular weight is 360 g/mol. The van der Waals surface area contributed by atoms with E-state index in [9.17, 15) is 9.59 Å². The minimum absolute atomic E-state index is 0.00467. The number of rotatable bonds is 6. The molecule has 27 heavy (non-hydrogen) atoms. The Morgan fingerprint density at radius 1 is 0.963 bits per heavy atom. The molecular formula is C21H20N4O2. The summed E-state index contributed by atoms with van der Waals surface area (Å²) in [6.07, 6.45) is 1.53. The van der Waals surface area contributed by atoms with E-state index < -0.39 is 0 Å². The smallest absolute Gasteiger partial charge is 0.270 e. The van der Waals surface area contributed by atoms with Crippen LogP contribution in [0.5, 0.6) is 0 Å². The topological polar surface area (TPSA) is 84.0 Å². The Bertz CT molecular complexity index is 951. The SMILES string of the molecule is CC(=O)c1ccc(Nc2nccc(C(=O)NCc3ccc(C)cc3)n2)cc1. The second-order valence-electron chi connectivity index (χ2n) is 6.19. The van der Waals surface area contributed by atoms with Crippen molar-refractivity contribution in [2.24, 2.45) is 0 Å². The van der Waals surface area contributed by atoms with Gasteiger partial charge in [0.25, 0.3) is 5.91 Å². The molecule has 0 saturated carbocycles. The van der Waals surface area contributed by atoms with Gasteiger partial charge in [0.05, 0.1) is 0 Å². The number of hydrogen-bond donors (Lipinski definition) is 2. The van der Waals surface area contributed by atoms with Crippen molar-refractivity contribution in [2.75, 3.05) is 5.32 Å². The monoisotopic (exact) mass is 360 g/mol. The molecule has 6 nitrogen and oxygen atoms in total. The van der Waals surface area contributed by atoms with Gasteiger partial charge < -0.3 is 10.6 Å². The van der Waals surface area contributed by atoms with Gasteiger partial charge in [0.1, 0.15) is 5.69 Å². The summed E-state index contributed by atoms with van der Waals surface area (Å²) in [6.45, 7) is 3.97. The maximum atomic E-state index is 12.3. The molecule has 0 unspecified atom stereocenters. The Hall–Kier alpha value is -3.54. The zero-order valence-electron chi connectivity index (χ0n) is 15.2. The highest BCUT2D eigenvalue weighted by atomic mass is 16.1. The largest absolute Gasteiger partial charge is 0.347 e. The van der Waals surface area contributed by atoms with Crippen LogP contribution in [0.1, 0.15) is 38.9 Å². The summed E-state index contributed by atoms with van der Waals surface area (Å²) in [5, 5.41) is 5.88. The summed E-state index contributed by atoms with van der Waals surface area (Å²) in [5.41, 5.74) is 3.84. The molecule has 0 fully saturated rings. The maximum absolute atomic E-state index is 12.3. The molecule has 0 atom stereocenters. The van der Waals surface area contributed by atoms with Crippen molar-refractivity contribution in [3.8, 4) is 0 Å². The lowest BCUT2D eigenvalue weighted by atomic mass is 10.1. The third-order valence-electron chi connectivity index (χ3n) is 4.01. The van der Waals surface area contributed by atoms with E-state index in [1.807, 2.05) is 31.2 Å². The Morgan fingerprint density at radius 3 is 2.33 bits per heavy atom. The van der Waals surface area contributed by atoms with Gasteiger partial charge in [-0.05, 0) is 49.7 Å². The number of anilines is 2. The molecule has 3 aromatic rings. The van der Waals surface area contributed by atoms with E-state index in [0.717, 1.165) is 11.3 Å². The lowest BCUT2D eigenvalue weighted by molar-refractivity contribution is 0.0945. The first-order chi connectivity index (χ1) is 13.0. The molecule has 0 radical (unpaired) electrons. The van der Waals surface area contributed by atoms with Gasteiger partial charge in [-0.25, -0.2) is 9.97 Å². The first-order valence-corrected chi connectivity index (χ1v) is 8.56. The quantitative estimate of drug-likeness (QED) is 0.656. The fourth-order valence-corrected chi connectivity index (χ4v) is 2.44. The second-order valence-corrected chi connectivity index (χ2v) is 6.19. The van der Waals surface area contributed by atoms with Crippen molar-refractivity contribution in [3.63, 3.8) is 0 Å². The molecule has 0 spiro atoms. The normalized spacial score (nSPS) is 10.3. The van der Waals surface area contributed by atoms with Crippen molar-refractivity contribution in [3.05, 3.63) is 83.2 Å². The van der Waals surface area contributed by atoms with E-state index in [1.165, 1.54) is 18.7 Å². The lowest BCUT2D eigenvalue weighted by Crippen LogP contribution is -2.24. The molecule has 1 aromatic heterocycles. The highest BCUT2D eigenvalue weighted by Crippen LogP contribution is 2.14. The Kier molecular flexibility index (Phi) is 5.56. The van der Waals surface area contributed by atoms with Crippen LogP contribution in [0.2, 0.25) is 0 Å². The predicted molar refractivity (Wildman–Crippen MR) is 104 cm³/mol. The zero-order valence-corrected chi connectivity index (χ0v) is 15.2. The Morgan fingerprint density at radius 2 is 1.67 bits per heavy atom. The number of benzene rings is 2. The number of amides is 1. The summed E-state index contributed by atoms with van der Waals surface area (Å²) in [6, 6.07) is 16.5. The molecule has 1 heterocycles. The number of hydrogen-bond acceptors (Lipinski definition) is 5. The average Bonchev–Trinajstić information content (AvgIpc) is 2.68. The van der Waals surface area contributed by atoms with Gasteiger partial charge in [-0.15, -0.1) is 0 Å². The van der Waals surface area contributed by atoms with Gasteiger partial charge in [-0.2, -0.15) is 0 Å². The minimum atomic E-state index is -0.270. The van der Waals surface area contributed by atoms with Crippen molar-refractivity contribution in [2.45, 2.75) is 20.4 Å². The summed E-state index contributed by atoms with van der Waals surface area (Å²) >= 11 is 0. The van der Waals surface area contributed by atoms with Gasteiger partial charge in [-0.3, -0.25) is 9.59 Å². The van der Waals surface area contributed by atoms with E-state index in [1.54, 1.807) is 30.3 Å². The highest BCUT2D eigenvalue weighted by molar-refractivity contribution is 5.94. The number of carbonyl (C=O) groups excluding carboxylic acids is 2. The molecule has 0 aliphatic rings. The summed E-state index contributed by atoms with van der Waals surface area (Å²) in [4.78, 5) is 32.1. The van der Waals surface area contributed by atoms with Crippen molar-refractivity contribution in [1.82, 2.24) is 15.3 Å². The summed E-state index contributed by atoms with van der Waals surface area (Å²) in [5.74, 6) is 0.0477. The predicted octanol–water partition coefficient (Wildman–Crippen LogP) is 3.66. The molecule has 0 aliphatic carbocycles. The Balaban J connectivity index is 1.64. The van der Waals surface area contributed by atoms with Gasteiger partial charge >= 0.3 is 0 Å². The van der Waals surface area contributed by atoms with E-state index in [4.69, 9.17) is 0 Å². The number of ketones is 1. The van der Waals surface area contributed by atoms with Crippen LogP contribution >= 0.6 is 0 Å². The van der Waals surface area contributed by atoms with Crippen LogP contribution in [0.4, 0.5) is 11.6 Å². The molecule has 0 aliphatic heterocycles. The van der Waals surface area contributed by atoms with Crippen LogP contribution in [-0.4, -0.2) is 21.7 Å². The van der Waals surface area contributed by atoms with Crippen molar-refractivity contribution < 1.29 is 9.59 Å². The van der Waals surface area contributed by atoms with Gasteiger partial charge in [-0.1, -0.05) is 29.8 Å². The van der Waals surface area contributed by atoms with Crippen LogP contribution in [0.25, 0.3) is 0 Å². The number of nitrogens with one attached hydrogen (secondary N) is 2.